The second-order valence-corrected chi connectivity index (χ2v) is 6.62. The van der Waals surface area contributed by atoms with E-state index in [4.69, 9.17) is 16.3 Å². The largest absolute Gasteiger partial charge is 0.444 e. The Morgan fingerprint density at radius 2 is 2.05 bits per heavy atom. The van der Waals surface area contributed by atoms with Crippen molar-refractivity contribution in [2.45, 2.75) is 38.8 Å². The quantitative estimate of drug-likeness (QED) is 0.840. The molecule has 0 saturated carbocycles. The fourth-order valence-corrected chi connectivity index (χ4v) is 2.30. The highest BCUT2D eigenvalue weighted by Crippen LogP contribution is 2.21. The van der Waals surface area contributed by atoms with Crippen molar-refractivity contribution in [2.75, 3.05) is 25.0 Å². The van der Waals surface area contributed by atoms with Crippen LogP contribution in [0.5, 0.6) is 0 Å². The molecule has 1 aliphatic rings. The van der Waals surface area contributed by atoms with Gasteiger partial charge in [0.1, 0.15) is 5.60 Å². The molecule has 1 fully saturated rings. The van der Waals surface area contributed by atoms with Crippen molar-refractivity contribution in [3.8, 4) is 0 Å². The van der Waals surface area contributed by atoms with E-state index < -0.39 is 5.60 Å². The maximum Gasteiger partial charge on any atom is 0.410 e. The standard InChI is InChI=1S/C14H21ClN4O2/c1-14(2,3)21-13(20)19-6-5-11(9-19)18(4)12-16-7-10(15)8-17-12/h7-8,11H,5-6,9H2,1-4H3/t11-/m0/s1. The highest BCUT2D eigenvalue weighted by Gasteiger charge is 2.32. The molecule has 2 rings (SSSR count). The molecule has 1 aromatic rings. The molecule has 0 aromatic carbocycles. The fraction of sp³-hybridized carbons (Fsp3) is 0.643. The summed E-state index contributed by atoms with van der Waals surface area (Å²) in [4.78, 5) is 24.1. The molecule has 2 heterocycles. The summed E-state index contributed by atoms with van der Waals surface area (Å²) in [6, 6.07) is 0.179. The Labute approximate surface area is 130 Å². The topological polar surface area (TPSA) is 58.6 Å². The Bertz CT molecular complexity index is 501. The lowest BCUT2D eigenvalue weighted by Crippen LogP contribution is -2.39. The van der Waals surface area contributed by atoms with Gasteiger partial charge in [-0.05, 0) is 27.2 Å². The average molecular weight is 313 g/mol. The van der Waals surface area contributed by atoms with Crippen LogP contribution in [0.1, 0.15) is 27.2 Å². The lowest BCUT2D eigenvalue weighted by molar-refractivity contribution is 0.0292. The minimum absolute atomic E-state index is 0.179. The molecule has 116 valence electrons. The molecular formula is C14H21ClN4O2. The molecule has 1 atom stereocenters. The Balaban J connectivity index is 1.95. The number of likely N-dealkylation sites (N-methyl/N-ethyl adjacent to an activating group) is 1. The first-order valence-electron chi connectivity index (χ1n) is 6.94. The zero-order chi connectivity index (χ0) is 15.6. The van der Waals surface area contributed by atoms with Crippen molar-refractivity contribution < 1.29 is 9.53 Å². The van der Waals surface area contributed by atoms with Crippen molar-refractivity contribution in [1.29, 1.82) is 0 Å². The normalized spacial score (nSPS) is 18.7. The number of anilines is 1. The molecule has 1 amide bonds. The molecule has 7 heteroatoms. The molecule has 0 aliphatic carbocycles. The number of hydrogen-bond acceptors (Lipinski definition) is 5. The van der Waals surface area contributed by atoms with Gasteiger partial charge in [0.2, 0.25) is 5.95 Å². The van der Waals surface area contributed by atoms with Crippen LogP contribution in [0.25, 0.3) is 0 Å². The van der Waals surface area contributed by atoms with Gasteiger partial charge in [0.05, 0.1) is 23.5 Å². The van der Waals surface area contributed by atoms with Crippen molar-refractivity contribution >= 4 is 23.6 Å². The average Bonchev–Trinajstić information content (AvgIpc) is 2.86. The van der Waals surface area contributed by atoms with Crippen molar-refractivity contribution in [1.82, 2.24) is 14.9 Å². The van der Waals surface area contributed by atoms with E-state index in [0.717, 1.165) is 6.42 Å². The number of carbonyl (C=O) groups excluding carboxylic acids is 1. The van der Waals surface area contributed by atoms with Gasteiger partial charge in [0, 0.05) is 20.1 Å². The van der Waals surface area contributed by atoms with Gasteiger partial charge in [0.25, 0.3) is 0 Å². The molecule has 0 radical (unpaired) electrons. The summed E-state index contributed by atoms with van der Waals surface area (Å²) >= 11 is 5.79. The SMILES string of the molecule is CN(c1ncc(Cl)cn1)[C@H]1CCN(C(=O)OC(C)(C)C)C1. The third-order valence-corrected chi connectivity index (χ3v) is 3.48. The number of hydrogen-bond donors (Lipinski definition) is 0. The molecule has 1 aliphatic heterocycles. The first kappa shape index (κ1) is 15.8. The van der Waals surface area contributed by atoms with Crippen LogP contribution in [0, 0.1) is 0 Å². The van der Waals surface area contributed by atoms with E-state index in [1.165, 1.54) is 0 Å². The van der Waals surface area contributed by atoms with Crippen molar-refractivity contribution in [3.05, 3.63) is 17.4 Å². The highest BCUT2D eigenvalue weighted by molar-refractivity contribution is 6.30. The molecule has 0 spiro atoms. The third kappa shape index (κ3) is 4.20. The van der Waals surface area contributed by atoms with Gasteiger partial charge in [-0.25, -0.2) is 14.8 Å². The van der Waals surface area contributed by atoms with Crippen LogP contribution < -0.4 is 4.90 Å². The van der Waals surface area contributed by atoms with Gasteiger partial charge < -0.3 is 14.5 Å². The Hall–Kier alpha value is -1.56. The Kier molecular flexibility index (Phi) is 4.56. The van der Waals surface area contributed by atoms with Gasteiger partial charge in [-0.15, -0.1) is 0 Å². The second kappa shape index (κ2) is 6.05. The van der Waals surface area contributed by atoms with Crippen LogP contribution >= 0.6 is 11.6 Å². The number of ether oxygens (including phenoxy) is 1. The summed E-state index contributed by atoms with van der Waals surface area (Å²) in [6.07, 6.45) is 3.74. The fourth-order valence-electron chi connectivity index (χ4n) is 2.20. The van der Waals surface area contributed by atoms with Crippen molar-refractivity contribution in [3.63, 3.8) is 0 Å². The summed E-state index contributed by atoms with van der Waals surface area (Å²) < 4.78 is 5.39. The number of halogens is 1. The van der Waals surface area contributed by atoms with Gasteiger partial charge >= 0.3 is 6.09 Å². The lowest BCUT2D eigenvalue weighted by Gasteiger charge is -2.26. The zero-order valence-electron chi connectivity index (χ0n) is 12.8. The van der Waals surface area contributed by atoms with Gasteiger partial charge in [-0.3, -0.25) is 0 Å². The van der Waals surface area contributed by atoms with Gasteiger partial charge in [-0.1, -0.05) is 11.6 Å². The monoisotopic (exact) mass is 312 g/mol. The molecule has 6 nitrogen and oxygen atoms in total. The zero-order valence-corrected chi connectivity index (χ0v) is 13.6. The first-order chi connectivity index (χ1) is 9.76. The van der Waals surface area contributed by atoms with E-state index in [9.17, 15) is 4.79 Å². The van der Waals surface area contributed by atoms with E-state index in [2.05, 4.69) is 9.97 Å². The second-order valence-electron chi connectivity index (χ2n) is 6.18. The summed E-state index contributed by atoms with van der Waals surface area (Å²) in [6.45, 7) is 6.89. The van der Waals surface area contributed by atoms with E-state index >= 15 is 0 Å². The Morgan fingerprint density at radius 3 is 2.62 bits per heavy atom. The highest BCUT2D eigenvalue weighted by atomic mass is 35.5. The Morgan fingerprint density at radius 1 is 1.43 bits per heavy atom. The number of likely N-dealkylation sites (tertiary alicyclic amines) is 1. The maximum absolute atomic E-state index is 12.0. The van der Waals surface area contributed by atoms with Crippen LogP contribution in [-0.4, -0.2) is 52.7 Å². The number of carbonyl (C=O) groups is 1. The lowest BCUT2D eigenvalue weighted by atomic mass is 10.2. The van der Waals surface area contributed by atoms with Crippen LogP contribution in [0.4, 0.5) is 10.7 Å². The number of aromatic nitrogens is 2. The molecule has 0 N–H and O–H groups in total. The van der Waals surface area contributed by atoms with E-state index in [1.54, 1.807) is 17.3 Å². The smallest absolute Gasteiger partial charge is 0.410 e. The predicted octanol–water partition coefficient (Wildman–Crippen LogP) is 2.58. The molecule has 21 heavy (non-hydrogen) atoms. The molecule has 1 saturated heterocycles. The van der Waals surface area contributed by atoms with Gasteiger partial charge in [0.15, 0.2) is 0 Å². The summed E-state index contributed by atoms with van der Waals surface area (Å²) in [5.74, 6) is 0.607. The predicted molar refractivity (Wildman–Crippen MR) is 81.7 cm³/mol. The van der Waals surface area contributed by atoms with Crippen LogP contribution in [0.3, 0.4) is 0 Å². The summed E-state index contributed by atoms with van der Waals surface area (Å²) in [5, 5.41) is 0.508. The maximum atomic E-state index is 12.0. The van der Waals surface area contributed by atoms with E-state index in [0.29, 0.717) is 24.1 Å². The number of nitrogens with zero attached hydrogens (tertiary/aromatic N) is 4. The van der Waals surface area contributed by atoms with Crippen molar-refractivity contribution in [2.24, 2.45) is 0 Å². The molecule has 0 unspecified atom stereocenters. The number of amides is 1. The minimum atomic E-state index is -0.472. The summed E-state index contributed by atoms with van der Waals surface area (Å²) in [5.41, 5.74) is -0.472. The molecule has 1 aromatic heterocycles. The minimum Gasteiger partial charge on any atom is -0.444 e. The van der Waals surface area contributed by atoms with E-state index in [-0.39, 0.29) is 12.1 Å². The molecular weight excluding hydrogens is 292 g/mol. The van der Waals surface area contributed by atoms with Gasteiger partial charge in [-0.2, -0.15) is 0 Å². The van der Waals surface area contributed by atoms with Crippen LogP contribution in [0.2, 0.25) is 5.02 Å². The first-order valence-corrected chi connectivity index (χ1v) is 7.32. The number of rotatable bonds is 2. The van der Waals surface area contributed by atoms with Crippen LogP contribution in [-0.2, 0) is 4.74 Å². The van der Waals surface area contributed by atoms with E-state index in [1.807, 2.05) is 32.7 Å². The third-order valence-electron chi connectivity index (χ3n) is 3.28. The van der Waals surface area contributed by atoms with Crippen LogP contribution in [0.15, 0.2) is 12.4 Å². The summed E-state index contributed by atoms with van der Waals surface area (Å²) in [7, 11) is 1.92. The molecule has 0 bridgehead atoms.